The monoisotopic (exact) mass is 353 g/mol. The molecule has 2 aromatic carbocycles. The van der Waals surface area contributed by atoms with Crippen LogP contribution in [0.5, 0.6) is 5.75 Å². The molecule has 0 spiro atoms. The zero-order valence-electron chi connectivity index (χ0n) is 14.8. The third-order valence-corrected chi connectivity index (χ3v) is 3.48. The van der Waals surface area contributed by atoms with E-state index in [4.69, 9.17) is 4.74 Å². The highest BCUT2D eigenvalue weighted by Crippen LogP contribution is 2.11. The van der Waals surface area contributed by atoms with Gasteiger partial charge in [0.2, 0.25) is 0 Å². The molecule has 0 unspecified atom stereocenters. The van der Waals surface area contributed by atoms with Crippen LogP contribution in [0.3, 0.4) is 0 Å². The fraction of sp³-hybridized carbons (Fsp3) is 0.250. The van der Waals surface area contributed by atoms with E-state index in [1.54, 1.807) is 0 Å². The highest BCUT2D eigenvalue weighted by molar-refractivity contribution is 6.35. The molecular formula is C20H23N3O3. The van der Waals surface area contributed by atoms with Gasteiger partial charge in [0.1, 0.15) is 5.75 Å². The van der Waals surface area contributed by atoms with Crippen molar-refractivity contribution in [2.24, 2.45) is 5.10 Å². The number of rotatable bonds is 8. The number of ether oxygens (including phenoxy) is 1. The van der Waals surface area contributed by atoms with Crippen LogP contribution in [0.25, 0.3) is 0 Å². The number of hydrazone groups is 1. The third-order valence-electron chi connectivity index (χ3n) is 3.48. The summed E-state index contributed by atoms with van der Waals surface area (Å²) in [6, 6.07) is 17.0. The van der Waals surface area contributed by atoms with Crippen molar-refractivity contribution in [3.63, 3.8) is 0 Å². The van der Waals surface area contributed by atoms with E-state index in [1.807, 2.05) is 61.5 Å². The predicted molar refractivity (Wildman–Crippen MR) is 101 cm³/mol. The van der Waals surface area contributed by atoms with Crippen molar-refractivity contribution in [1.82, 2.24) is 10.7 Å². The quantitative estimate of drug-likeness (QED) is 0.434. The number of hydrogen-bond acceptors (Lipinski definition) is 4. The van der Waals surface area contributed by atoms with E-state index in [9.17, 15) is 9.59 Å². The number of hydrogen-bond donors (Lipinski definition) is 2. The van der Waals surface area contributed by atoms with Gasteiger partial charge >= 0.3 is 11.8 Å². The van der Waals surface area contributed by atoms with Crippen molar-refractivity contribution in [3.05, 3.63) is 65.7 Å². The molecule has 2 N–H and O–H groups in total. The summed E-state index contributed by atoms with van der Waals surface area (Å²) in [6.07, 6.45) is 3.08. The predicted octanol–water partition coefficient (Wildman–Crippen LogP) is 2.28. The summed E-state index contributed by atoms with van der Waals surface area (Å²) in [5.74, 6) is -0.718. The molecule has 2 aromatic rings. The Kier molecular flexibility index (Phi) is 7.86. The lowest BCUT2D eigenvalue weighted by atomic mass is 10.1. The van der Waals surface area contributed by atoms with Crippen molar-refractivity contribution >= 4 is 18.0 Å². The lowest BCUT2D eigenvalue weighted by Crippen LogP contribution is -2.38. The Morgan fingerprint density at radius 1 is 1.04 bits per heavy atom. The third kappa shape index (κ3) is 6.76. The van der Waals surface area contributed by atoms with Gasteiger partial charge in [0.15, 0.2) is 0 Å². The van der Waals surface area contributed by atoms with Crippen LogP contribution < -0.4 is 15.5 Å². The molecule has 0 aliphatic rings. The summed E-state index contributed by atoms with van der Waals surface area (Å²) in [7, 11) is 0. The Balaban J connectivity index is 1.71. The van der Waals surface area contributed by atoms with E-state index in [0.717, 1.165) is 23.3 Å². The number of carbonyl (C=O) groups excluding carboxylic acids is 2. The summed E-state index contributed by atoms with van der Waals surface area (Å²) >= 11 is 0. The van der Waals surface area contributed by atoms with Crippen LogP contribution in [-0.4, -0.2) is 31.2 Å². The molecule has 0 radical (unpaired) electrons. The van der Waals surface area contributed by atoms with E-state index in [1.165, 1.54) is 6.21 Å². The summed E-state index contributed by atoms with van der Waals surface area (Å²) < 4.78 is 5.49. The maximum atomic E-state index is 11.7. The summed E-state index contributed by atoms with van der Waals surface area (Å²) in [5.41, 5.74) is 4.10. The first-order valence-electron chi connectivity index (χ1n) is 8.57. The van der Waals surface area contributed by atoms with Gasteiger partial charge < -0.3 is 10.1 Å². The van der Waals surface area contributed by atoms with Gasteiger partial charge in [-0.1, -0.05) is 37.3 Å². The topological polar surface area (TPSA) is 79.8 Å². The number of benzene rings is 2. The molecule has 0 aliphatic heterocycles. The first-order chi connectivity index (χ1) is 12.7. The second kappa shape index (κ2) is 10.7. The zero-order chi connectivity index (χ0) is 18.6. The Morgan fingerprint density at radius 2 is 1.77 bits per heavy atom. The maximum Gasteiger partial charge on any atom is 0.329 e. The maximum absolute atomic E-state index is 11.7. The standard InChI is InChI=1S/C20H23N3O3/c1-2-14-26-18-10-8-17(9-11-18)15-22-23-20(25)19(24)21-13-12-16-6-4-3-5-7-16/h3-11,15H,2,12-14H2,1H3,(H,21,24)(H,23,25)/b22-15-. The van der Waals surface area contributed by atoms with Gasteiger partial charge in [-0.25, -0.2) is 5.43 Å². The van der Waals surface area contributed by atoms with E-state index < -0.39 is 11.8 Å². The summed E-state index contributed by atoms with van der Waals surface area (Å²) in [5, 5.41) is 6.36. The molecule has 0 bridgehead atoms. The smallest absolute Gasteiger partial charge is 0.329 e. The molecule has 0 saturated carbocycles. The van der Waals surface area contributed by atoms with E-state index in [0.29, 0.717) is 19.6 Å². The normalized spacial score (nSPS) is 10.5. The zero-order valence-corrected chi connectivity index (χ0v) is 14.8. The van der Waals surface area contributed by atoms with Crippen molar-refractivity contribution in [1.29, 1.82) is 0 Å². The van der Waals surface area contributed by atoms with Gasteiger partial charge in [0, 0.05) is 6.54 Å². The number of amides is 2. The first kappa shape index (κ1) is 19.2. The van der Waals surface area contributed by atoms with Crippen LogP contribution in [0.1, 0.15) is 24.5 Å². The highest BCUT2D eigenvalue weighted by atomic mass is 16.5. The van der Waals surface area contributed by atoms with Gasteiger partial charge in [0.25, 0.3) is 0 Å². The van der Waals surface area contributed by atoms with E-state index in [2.05, 4.69) is 15.8 Å². The van der Waals surface area contributed by atoms with Gasteiger partial charge in [-0.2, -0.15) is 5.10 Å². The Labute approximate surface area is 153 Å². The van der Waals surface area contributed by atoms with Crippen molar-refractivity contribution in [2.75, 3.05) is 13.2 Å². The number of nitrogens with zero attached hydrogens (tertiary/aromatic N) is 1. The number of nitrogens with one attached hydrogen (secondary N) is 2. The van der Waals surface area contributed by atoms with E-state index >= 15 is 0 Å². The molecule has 0 aliphatic carbocycles. The fourth-order valence-corrected chi connectivity index (χ4v) is 2.13. The molecule has 2 amide bonds. The molecule has 136 valence electrons. The van der Waals surface area contributed by atoms with Gasteiger partial charge in [0.05, 0.1) is 12.8 Å². The lowest BCUT2D eigenvalue weighted by Gasteiger charge is -2.04. The average molecular weight is 353 g/mol. The molecular weight excluding hydrogens is 330 g/mol. The molecule has 26 heavy (non-hydrogen) atoms. The van der Waals surface area contributed by atoms with Crippen LogP contribution in [0.15, 0.2) is 59.7 Å². The fourth-order valence-electron chi connectivity index (χ4n) is 2.13. The van der Waals surface area contributed by atoms with Gasteiger partial charge in [-0.15, -0.1) is 0 Å². The Hall–Kier alpha value is -3.15. The Morgan fingerprint density at radius 3 is 2.46 bits per heavy atom. The van der Waals surface area contributed by atoms with Crippen LogP contribution in [0, 0.1) is 0 Å². The molecule has 0 saturated heterocycles. The first-order valence-corrected chi connectivity index (χ1v) is 8.57. The summed E-state index contributed by atoms with van der Waals surface area (Å²) in [6.45, 7) is 3.10. The Bertz CT molecular complexity index is 728. The van der Waals surface area contributed by atoms with Gasteiger partial charge in [-0.05, 0) is 48.2 Å². The van der Waals surface area contributed by atoms with Crippen molar-refractivity contribution in [2.45, 2.75) is 19.8 Å². The molecule has 0 heterocycles. The average Bonchev–Trinajstić information content (AvgIpc) is 2.68. The molecule has 6 nitrogen and oxygen atoms in total. The molecule has 6 heteroatoms. The van der Waals surface area contributed by atoms with Crippen molar-refractivity contribution in [3.8, 4) is 5.75 Å². The van der Waals surface area contributed by atoms with Crippen LogP contribution >= 0.6 is 0 Å². The second-order valence-electron chi connectivity index (χ2n) is 5.61. The largest absolute Gasteiger partial charge is 0.494 e. The van der Waals surface area contributed by atoms with Crippen LogP contribution in [0.4, 0.5) is 0 Å². The van der Waals surface area contributed by atoms with Crippen LogP contribution in [0.2, 0.25) is 0 Å². The minimum absolute atomic E-state index is 0.388. The lowest BCUT2D eigenvalue weighted by molar-refractivity contribution is -0.139. The molecule has 0 fully saturated rings. The molecule has 0 atom stereocenters. The van der Waals surface area contributed by atoms with Gasteiger partial charge in [-0.3, -0.25) is 9.59 Å². The number of carbonyl (C=O) groups is 2. The van der Waals surface area contributed by atoms with E-state index in [-0.39, 0.29) is 0 Å². The molecule has 0 aromatic heterocycles. The second-order valence-corrected chi connectivity index (χ2v) is 5.61. The van der Waals surface area contributed by atoms with Crippen molar-refractivity contribution < 1.29 is 14.3 Å². The minimum Gasteiger partial charge on any atom is -0.494 e. The minimum atomic E-state index is -0.794. The highest BCUT2D eigenvalue weighted by Gasteiger charge is 2.11. The summed E-state index contributed by atoms with van der Waals surface area (Å²) in [4.78, 5) is 23.4. The molecule has 2 rings (SSSR count). The van der Waals surface area contributed by atoms with Crippen LogP contribution in [-0.2, 0) is 16.0 Å². The SMILES string of the molecule is CCCOc1ccc(/C=N\NC(=O)C(=O)NCCc2ccccc2)cc1.